The van der Waals surface area contributed by atoms with Gasteiger partial charge in [0.1, 0.15) is 0 Å². The van der Waals surface area contributed by atoms with E-state index in [0.29, 0.717) is 10.1 Å². The molecule has 0 aromatic heterocycles. The van der Waals surface area contributed by atoms with Gasteiger partial charge in [-0.3, -0.25) is 0 Å². The summed E-state index contributed by atoms with van der Waals surface area (Å²) in [6.07, 6.45) is 28.5. The number of hydrogen-bond donors (Lipinski definition) is 1. The number of rotatable bonds is 33. The lowest BCUT2D eigenvalue weighted by molar-refractivity contribution is 0.00662. The number of aliphatic hydroxyl groups is 1. The van der Waals surface area contributed by atoms with Crippen LogP contribution in [0.5, 0.6) is 0 Å². The molecule has 0 fully saturated rings. The van der Waals surface area contributed by atoms with Crippen LogP contribution in [0.1, 0.15) is 203 Å². The van der Waals surface area contributed by atoms with Crippen LogP contribution in [0.2, 0.25) is 36.3 Å². The summed E-state index contributed by atoms with van der Waals surface area (Å²) in [4.78, 5) is 2.63. The molecule has 0 rings (SSSR count). The number of unbranched alkanes of at least 4 members (excludes halogenated alkanes) is 15. The Morgan fingerprint density at radius 3 is 1.02 bits per heavy atom. The van der Waals surface area contributed by atoms with Crippen LogP contribution in [0, 0.1) is 0 Å². The fourth-order valence-corrected chi connectivity index (χ4v) is 8.63. The molecule has 296 valence electrons. The Labute approximate surface area is 312 Å². The van der Waals surface area contributed by atoms with Crippen LogP contribution in [-0.2, 0) is 8.85 Å². The maximum Gasteiger partial charge on any atom is 0.191 e. The van der Waals surface area contributed by atoms with Gasteiger partial charge in [0.25, 0.3) is 0 Å². The van der Waals surface area contributed by atoms with Gasteiger partial charge in [0, 0.05) is 13.2 Å². The first kappa shape index (κ1) is 49.3. The molecule has 0 saturated carbocycles. The van der Waals surface area contributed by atoms with E-state index in [0.717, 1.165) is 32.5 Å². The SMILES string of the molecule is CCCN(CCC)CCCCC(O)(CCCCCCCCCCO[Si](C)(C)C(C)(C)C)CCCCCCCCCCO[Si](C)(C)C(C)(C)C. The normalized spacial score (nSPS) is 13.6. The fraction of sp³-hybridized carbons (Fsp3) is 1.00. The van der Waals surface area contributed by atoms with E-state index < -0.39 is 22.2 Å². The summed E-state index contributed by atoms with van der Waals surface area (Å²) < 4.78 is 12.7. The maximum atomic E-state index is 11.8. The summed E-state index contributed by atoms with van der Waals surface area (Å²) in [5, 5.41) is 12.4. The van der Waals surface area contributed by atoms with Gasteiger partial charge in [-0.1, -0.05) is 145 Å². The molecule has 0 amide bonds. The predicted octanol–water partition coefficient (Wildman–Crippen LogP) is 14.1. The molecule has 49 heavy (non-hydrogen) atoms. The van der Waals surface area contributed by atoms with Crippen LogP contribution < -0.4 is 0 Å². The van der Waals surface area contributed by atoms with Crippen molar-refractivity contribution in [1.82, 2.24) is 4.90 Å². The van der Waals surface area contributed by atoms with Crippen molar-refractivity contribution in [2.75, 3.05) is 32.8 Å². The molecule has 0 heterocycles. The molecule has 0 unspecified atom stereocenters. The summed E-state index contributed by atoms with van der Waals surface area (Å²) in [5.74, 6) is 0. The van der Waals surface area contributed by atoms with Gasteiger partial charge in [-0.25, -0.2) is 0 Å². The zero-order chi connectivity index (χ0) is 37.3. The largest absolute Gasteiger partial charge is 0.417 e. The highest BCUT2D eigenvalue weighted by atomic mass is 28.4. The second kappa shape index (κ2) is 26.9. The first-order chi connectivity index (χ1) is 22.9. The Balaban J connectivity index is 4.35. The molecule has 0 radical (unpaired) electrons. The molecular weight excluding hydrogens is 635 g/mol. The minimum atomic E-state index is -1.59. The van der Waals surface area contributed by atoms with E-state index in [1.54, 1.807) is 0 Å². The molecule has 0 aromatic carbocycles. The first-order valence-corrected chi connectivity index (χ1v) is 27.4. The highest BCUT2D eigenvalue weighted by molar-refractivity contribution is 6.74. The lowest BCUT2D eigenvalue weighted by atomic mass is 9.85. The Morgan fingerprint density at radius 1 is 0.429 bits per heavy atom. The molecule has 0 aromatic rings. The van der Waals surface area contributed by atoms with Gasteiger partial charge < -0.3 is 18.9 Å². The van der Waals surface area contributed by atoms with Crippen LogP contribution in [0.15, 0.2) is 0 Å². The molecule has 1 N–H and O–H groups in total. The first-order valence-electron chi connectivity index (χ1n) is 21.6. The zero-order valence-corrected chi connectivity index (χ0v) is 38.0. The number of nitrogens with zero attached hydrogens (tertiary/aromatic N) is 1. The third kappa shape index (κ3) is 25.0. The van der Waals surface area contributed by atoms with E-state index >= 15 is 0 Å². The van der Waals surface area contributed by atoms with Gasteiger partial charge in [-0.15, -0.1) is 0 Å². The second-order valence-electron chi connectivity index (χ2n) is 18.9. The second-order valence-corrected chi connectivity index (χ2v) is 28.5. The van der Waals surface area contributed by atoms with Crippen LogP contribution in [0.4, 0.5) is 0 Å². The maximum absolute atomic E-state index is 11.8. The Bertz CT molecular complexity index is 705. The van der Waals surface area contributed by atoms with Gasteiger partial charge in [0.05, 0.1) is 5.60 Å². The van der Waals surface area contributed by atoms with Gasteiger partial charge in [-0.05, 0) is 114 Å². The van der Waals surface area contributed by atoms with Crippen molar-refractivity contribution in [3.63, 3.8) is 0 Å². The molecule has 0 aliphatic heterocycles. The van der Waals surface area contributed by atoms with Crippen molar-refractivity contribution in [2.24, 2.45) is 0 Å². The predicted molar refractivity (Wildman–Crippen MR) is 225 cm³/mol. The zero-order valence-electron chi connectivity index (χ0n) is 36.0. The monoisotopic (exact) mass is 728 g/mol. The Kier molecular flexibility index (Phi) is 27.1. The van der Waals surface area contributed by atoms with E-state index in [1.807, 2.05) is 0 Å². The van der Waals surface area contributed by atoms with Crippen molar-refractivity contribution in [3.05, 3.63) is 0 Å². The van der Waals surface area contributed by atoms with Crippen LogP contribution >= 0.6 is 0 Å². The highest BCUT2D eigenvalue weighted by Gasteiger charge is 2.37. The average molecular weight is 728 g/mol. The van der Waals surface area contributed by atoms with E-state index in [9.17, 15) is 5.11 Å². The third-order valence-corrected chi connectivity index (χ3v) is 21.1. The fourth-order valence-electron chi connectivity index (χ4n) is 6.45. The minimum absolute atomic E-state index is 0.310. The van der Waals surface area contributed by atoms with E-state index in [2.05, 4.69) is 86.5 Å². The Hall–Kier alpha value is 0.274. The topological polar surface area (TPSA) is 41.9 Å². The van der Waals surface area contributed by atoms with Crippen LogP contribution in [0.3, 0.4) is 0 Å². The molecule has 0 spiro atoms. The van der Waals surface area contributed by atoms with Crippen LogP contribution in [0.25, 0.3) is 0 Å². The smallest absolute Gasteiger partial charge is 0.191 e. The lowest BCUT2D eigenvalue weighted by Gasteiger charge is -2.36. The van der Waals surface area contributed by atoms with E-state index in [4.69, 9.17) is 8.85 Å². The summed E-state index contributed by atoms with van der Waals surface area (Å²) in [6, 6.07) is 0. The summed E-state index contributed by atoms with van der Waals surface area (Å²) >= 11 is 0. The van der Waals surface area contributed by atoms with Gasteiger partial charge in [0.2, 0.25) is 0 Å². The van der Waals surface area contributed by atoms with Crippen molar-refractivity contribution >= 4 is 16.6 Å². The van der Waals surface area contributed by atoms with Crippen molar-refractivity contribution < 1.29 is 14.0 Å². The van der Waals surface area contributed by atoms with Gasteiger partial charge in [-0.2, -0.15) is 0 Å². The molecule has 0 atom stereocenters. The summed E-state index contributed by atoms with van der Waals surface area (Å²) in [6.45, 7) is 33.5. The third-order valence-electron chi connectivity index (χ3n) is 12.1. The summed E-state index contributed by atoms with van der Waals surface area (Å²) in [5.41, 5.74) is -0.450. The van der Waals surface area contributed by atoms with Crippen molar-refractivity contribution in [3.8, 4) is 0 Å². The van der Waals surface area contributed by atoms with Gasteiger partial charge in [0.15, 0.2) is 16.6 Å². The molecule has 4 nitrogen and oxygen atoms in total. The quantitative estimate of drug-likeness (QED) is 0.0540. The summed E-state index contributed by atoms with van der Waals surface area (Å²) in [7, 11) is -3.18. The molecule has 6 heteroatoms. The average Bonchev–Trinajstić information content (AvgIpc) is 3.00. The van der Waals surface area contributed by atoms with E-state index in [-0.39, 0.29) is 0 Å². The minimum Gasteiger partial charge on any atom is -0.417 e. The molecule has 0 saturated heterocycles. The molecule has 0 aliphatic carbocycles. The van der Waals surface area contributed by atoms with Crippen molar-refractivity contribution in [1.29, 1.82) is 0 Å². The van der Waals surface area contributed by atoms with Gasteiger partial charge >= 0.3 is 0 Å². The lowest BCUT2D eigenvalue weighted by Crippen LogP contribution is -2.40. The van der Waals surface area contributed by atoms with Crippen molar-refractivity contribution in [2.45, 2.75) is 245 Å². The standard InChI is InChI=1S/C43H93NO3Si2/c1-13-36-44(37-14-2)38-30-29-35-43(45,33-27-23-19-15-17-21-25-31-39-46-48(9,10)41(3,4)5)34-28-24-20-16-18-22-26-32-40-47-49(11,12)42(6,7)8/h45H,13-40H2,1-12H3. The molecule has 0 bridgehead atoms. The van der Waals surface area contributed by atoms with Crippen LogP contribution in [-0.4, -0.2) is 65.1 Å². The Morgan fingerprint density at radius 2 is 0.714 bits per heavy atom. The number of hydrogen-bond acceptors (Lipinski definition) is 4. The molecule has 0 aliphatic rings. The molecular formula is C43H93NO3Si2. The van der Waals surface area contributed by atoms with E-state index in [1.165, 1.54) is 148 Å². The highest BCUT2D eigenvalue weighted by Crippen LogP contribution is 2.37.